The summed E-state index contributed by atoms with van der Waals surface area (Å²) in [6.45, 7) is 2.29. The van der Waals surface area contributed by atoms with Crippen LogP contribution in [0.5, 0.6) is 0 Å². The first kappa shape index (κ1) is 8.96. The highest BCUT2D eigenvalue weighted by atomic mass is 15.0. The van der Waals surface area contributed by atoms with Crippen LogP contribution in [0.15, 0.2) is 12.4 Å². The summed E-state index contributed by atoms with van der Waals surface area (Å²) >= 11 is 0. The van der Waals surface area contributed by atoms with Gasteiger partial charge in [-0.15, -0.1) is 0 Å². The zero-order chi connectivity index (χ0) is 10.3. The Morgan fingerprint density at radius 1 is 1.40 bits per heavy atom. The molecule has 0 spiro atoms. The van der Waals surface area contributed by atoms with Crippen LogP contribution in [0.4, 0.5) is 0 Å². The van der Waals surface area contributed by atoms with Gasteiger partial charge in [-0.05, 0) is 37.2 Å². The Labute approximate surface area is 89.6 Å². The highest BCUT2D eigenvalue weighted by Crippen LogP contribution is 2.20. The molecule has 0 saturated carbocycles. The standard InChI is InChI=1S/C13H16N2/c1-10-5-6-11-3-2-4-12-13(11)15(8-7-10)9-14-12/h4,7-10H,2-3,5-6H2,1H3/t10-/m1/s1. The molecule has 1 aromatic rings. The Kier molecular flexibility index (Phi) is 2.01. The minimum absolute atomic E-state index is 0.683. The van der Waals surface area contributed by atoms with Crippen molar-refractivity contribution in [3.05, 3.63) is 23.1 Å². The van der Waals surface area contributed by atoms with E-state index >= 15 is 0 Å². The van der Waals surface area contributed by atoms with Crippen molar-refractivity contribution in [3.8, 4) is 0 Å². The molecule has 78 valence electrons. The topological polar surface area (TPSA) is 17.8 Å². The summed E-state index contributed by atoms with van der Waals surface area (Å²) in [5, 5.41) is 2.56. The molecule has 1 aromatic heterocycles. The Morgan fingerprint density at radius 3 is 3.27 bits per heavy atom. The maximum atomic E-state index is 4.46. The van der Waals surface area contributed by atoms with Crippen LogP contribution in [0.25, 0.3) is 17.8 Å². The molecule has 0 fully saturated rings. The Hall–Kier alpha value is -1.31. The average molecular weight is 200 g/mol. The molecule has 1 aliphatic carbocycles. The Bertz CT molecular complexity index is 519. The molecule has 0 N–H and O–H groups in total. The number of nitrogens with zero attached hydrogens (tertiary/aromatic N) is 2. The van der Waals surface area contributed by atoms with Crippen LogP contribution < -0.4 is 10.7 Å². The lowest BCUT2D eigenvalue weighted by Gasteiger charge is -2.14. The lowest BCUT2D eigenvalue weighted by molar-refractivity contribution is 0.649. The smallest absolute Gasteiger partial charge is 0.0999 e. The number of aromatic nitrogens is 2. The summed E-state index contributed by atoms with van der Waals surface area (Å²) in [4.78, 5) is 4.46. The van der Waals surface area contributed by atoms with E-state index in [2.05, 4.69) is 34.8 Å². The monoisotopic (exact) mass is 200 g/mol. The largest absolute Gasteiger partial charge is 0.306 e. The maximum absolute atomic E-state index is 4.46. The van der Waals surface area contributed by atoms with Gasteiger partial charge < -0.3 is 4.57 Å². The van der Waals surface area contributed by atoms with E-state index in [1.54, 1.807) is 5.57 Å². The molecule has 0 unspecified atom stereocenters. The fraction of sp³-hybridized carbons (Fsp3) is 0.462. The summed E-state index contributed by atoms with van der Waals surface area (Å²) in [5.74, 6) is 0.683. The molecule has 0 amide bonds. The van der Waals surface area contributed by atoms with Gasteiger partial charge in [0, 0.05) is 6.20 Å². The third-order valence-electron chi connectivity index (χ3n) is 3.42. The van der Waals surface area contributed by atoms with Crippen molar-refractivity contribution >= 4 is 17.8 Å². The van der Waals surface area contributed by atoms with E-state index in [4.69, 9.17) is 0 Å². The van der Waals surface area contributed by atoms with Gasteiger partial charge in [0.1, 0.15) is 0 Å². The molecule has 0 bridgehead atoms. The lowest BCUT2D eigenvalue weighted by Crippen LogP contribution is -2.33. The molecular weight excluding hydrogens is 184 g/mol. The van der Waals surface area contributed by atoms with E-state index in [0.717, 1.165) is 6.42 Å². The van der Waals surface area contributed by atoms with Crippen molar-refractivity contribution in [2.75, 3.05) is 0 Å². The third kappa shape index (κ3) is 1.44. The third-order valence-corrected chi connectivity index (χ3v) is 3.42. The molecule has 1 aliphatic heterocycles. The second kappa shape index (κ2) is 3.37. The number of imidazole rings is 1. The van der Waals surface area contributed by atoms with Gasteiger partial charge in [-0.1, -0.05) is 19.1 Å². The zero-order valence-electron chi connectivity index (χ0n) is 9.11. The van der Waals surface area contributed by atoms with Crippen molar-refractivity contribution in [1.82, 2.24) is 9.55 Å². The van der Waals surface area contributed by atoms with Crippen LogP contribution in [-0.4, -0.2) is 9.55 Å². The van der Waals surface area contributed by atoms with Crippen LogP contribution in [0.2, 0.25) is 0 Å². The molecule has 2 nitrogen and oxygen atoms in total. The van der Waals surface area contributed by atoms with Gasteiger partial charge in [0.15, 0.2) is 0 Å². The van der Waals surface area contributed by atoms with Gasteiger partial charge in [-0.2, -0.15) is 0 Å². The van der Waals surface area contributed by atoms with E-state index < -0.39 is 0 Å². The number of allylic oxidation sites excluding steroid dienone is 1. The van der Waals surface area contributed by atoms with Gasteiger partial charge in [-0.3, -0.25) is 0 Å². The maximum Gasteiger partial charge on any atom is 0.0999 e. The quantitative estimate of drug-likeness (QED) is 0.620. The predicted octanol–water partition coefficient (Wildman–Crippen LogP) is 1.51. The number of rotatable bonds is 0. The van der Waals surface area contributed by atoms with E-state index in [-0.39, 0.29) is 0 Å². The fourth-order valence-corrected chi connectivity index (χ4v) is 2.48. The highest BCUT2D eigenvalue weighted by Gasteiger charge is 2.11. The first-order valence-electron chi connectivity index (χ1n) is 5.78. The van der Waals surface area contributed by atoms with Crippen molar-refractivity contribution < 1.29 is 0 Å². The lowest BCUT2D eigenvalue weighted by atomic mass is 9.95. The average Bonchev–Trinajstić information content (AvgIpc) is 2.65. The molecule has 15 heavy (non-hydrogen) atoms. The van der Waals surface area contributed by atoms with Gasteiger partial charge in [-0.25, -0.2) is 4.98 Å². The second-order valence-electron chi connectivity index (χ2n) is 4.59. The van der Waals surface area contributed by atoms with Gasteiger partial charge in [0.2, 0.25) is 0 Å². The highest BCUT2D eigenvalue weighted by molar-refractivity contribution is 5.50. The fourth-order valence-electron chi connectivity index (χ4n) is 2.48. The molecule has 2 heteroatoms. The van der Waals surface area contributed by atoms with Crippen LogP contribution in [0.1, 0.15) is 32.6 Å². The van der Waals surface area contributed by atoms with Crippen molar-refractivity contribution in [2.24, 2.45) is 5.92 Å². The molecule has 3 rings (SSSR count). The van der Waals surface area contributed by atoms with Crippen molar-refractivity contribution in [3.63, 3.8) is 0 Å². The van der Waals surface area contributed by atoms with Gasteiger partial charge in [0.25, 0.3) is 0 Å². The van der Waals surface area contributed by atoms with E-state index in [1.807, 2.05) is 6.33 Å². The van der Waals surface area contributed by atoms with Crippen LogP contribution in [0.3, 0.4) is 0 Å². The second-order valence-corrected chi connectivity index (χ2v) is 4.59. The van der Waals surface area contributed by atoms with Gasteiger partial charge in [0.05, 0.1) is 17.0 Å². The molecular formula is C13H16N2. The van der Waals surface area contributed by atoms with Crippen LogP contribution in [0, 0.1) is 5.92 Å². The predicted molar refractivity (Wildman–Crippen MR) is 62.3 cm³/mol. The molecule has 1 atom stereocenters. The number of hydrogen-bond donors (Lipinski definition) is 0. The molecule has 0 aromatic carbocycles. The summed E-state index contributed by atoms with van der Waals surface area (Å²) in [5.41, 5.74) is 1.60. The van der Waals surface area contributed by atoms with E-state index in [9.17, 15) is 0 Å². The molecule has 0 radical (unpaired) electrons. The van der Waals surface area contributed by atoms with Crippen LogP contribution >= 0.6 is 0 Å². The molecule has 2 aliphatic rings. The summed E-state index contributed by atoms with van der Waals surface area (Å²) in [7, 11) is 0. The van der Waals surface area contributed by atoms with Crippen LogP contribution in [-0.2, 0) is 0 Å². The summed E-state index contributed by atoms with van der Waals surface area (Å²) < 4.78 is 2.19. The number of hydrogen-bond acceptors (Lipinski definition) is 1. The Morgan fingerprint density at radius 2 is 2.33 bits per heavy atom. The van der Waals surface area contributed by atoms with Crippen molar-refractivity contribution in [1.29, 1.82) is 0 Å². The van der Waals surface area contributed by atoms with Gasteiger partial charge >= 0.3 is 0 Å². The zero-order valence-corrected chi connectivity index (χ0v) is 9.11. The molecule has 0 saturated heterocycles. The van der Waals surface area contributed by atoms with Crippen molar-refractivity contribution in [2.45, 2.75) is 32.6 Å². The Balaban J connectivity index is 2.29. The summed E-state index contributed by atoms with van der Waals surface area (Å²) in [6.07, 6.45) is 13.6. The van der Waals surface area contributed by atoms with E-state index in [1.165, 1.54) is 30.0 Å². The van der Waals surface area contributed by atoms with E-state index in [0.29, 0.717) is 5.92 Å². The first-order chi connectivity index (χ1) is 7.34. The minimum Gasteiger partial charge on any atom is -0.306 e. The molecule has 2 heterocycles. The first-order valence-corrected chi connectivity index (χ1v) is 5.78. The normalized spacial score (nSPS) is 24.1. The summed E-state index contributed by atoms with van der Waals surface area (Å²) in [6, 6.07) is 0. The SMILES string of the molecule is C[C@H]1C=Cn2cnc3c2=C(CCC=3)CC1. The minimum atomic E-state index is 0.683.